The van der Waals surface area contributed by atoms with Gasteiger partial charge in [-0.1, -0.05) is 34.6 Å². The second-order valence-electron chi connectivity index (χ2n) is 6.99. The van der Waals surface area contributed by atoms with Gasteiger partial charge in [0.15, 0.2) is 0 Å². The van der Waals surface area contributed by atoms with Gasteiger partial charge in [-0.15, -0.1) is 0 Å². The van der Waals surface area contributed by atoms with Crippen molar-refractivity contribution in [1.82, 2.24) is 10.2 Å². The zero-order valence-corrected chi connectivity index (χ0v) is 13.3. The van der Waals surface area contributed by atoms with Crippen molar-refractivity contribution in [3.8, 4) is 0 Å². The first kappa shape index (κ1) is 16.0. The Balaban J connectivity index is 2.31. The average Bonchev–Trinajstić information content (AvgIpc) is 2.52. The predicted octanol–water partition coefficient (Wildman–Crippen LogP) is 3.52. The Bertz CT molecular complexity index is 223. The van der Waals surface area contributed by atoms with Crippen LogP contribution in [0.25, 0.3) is 0 Å². The van der Waals surface area contributed by atoms with Crippen LogP contribution >= 0.6 is 0 Å². The van der Waals surface area contributed by atoms with E-state index >= 15 is 0 Å². The Morgan fingerprint density at radius 2 is 1.94 bits per heavy atom. The maximum Gasteiger partial charge on any atom is 0.00799 e. The highest BCUT2D eigenvalue weighted by Crippen LogP contribution is 2.25. The largest absolute Gasteiger partial charge is 0.313 e. The monoisotopic (exact) mass is 254 g/mol. The molecule has 1 atom stereocenters. The standard InChI is InChI=1S/C16H34N2/c1-6-10-18-11-7-8-15(9-12-18)17-13-16(4,5)14(2)3/h14-15,17H,6-13H2,1-5H3. The van der Waals surface area contributed by atoms with Gasteiger partial charge in [-0.2, -0.15) is 0 Å². The fourth-order valence-corrected chi connectivity index (χ4v) is 2.51. The summed E-state index contributed by atoms with van der Waals surface area (Å²) in [6.45, 7) is 16.7. The molecular formula is C16H34N2. The van der Waals surface area contributed by atoms with Gasteiger partial charge < -0.3 is 10.2 Å². The van der Waals surface area contributed by atoms with Gasteiger partial charge in [0, 0.05) is 12.6 Å². The maximum atomic E-state index is 3.82. The molecule has 1 aliphatic heterocycles. The summed E-state index contributed by atoms with van der Waals surface area (Å²) in [5.41, 5.74) is 0.412. The van der Waals surface area contributed by atoms with Gasteiger partial charge in [-0.05, 0) is 56.7 Å². The van der Waals surface area contributed by atoms with Crippen LogP contribution in [-0.2, 0) is 0 Å². The number of rotatable bonds is 6. The first-order valence-electron chi connectivity index (χ1n) is 7.91. The van der Waals surface area contributed by atoms with Crippen molar-refractivity contribution in [2.45, 2.75) is 66.3 Å². The molecule has 0 aromatic carbocycles. The van der Waals surface area contributed by atoms with E-state index in [1.165, 1.54) is 45.3 Å². The van der Waals surface area contributed by atoms with Gasteiger partial charge in [-0.25, -0.2) is 0 Å². The Kier molecular flexibility index (Phi) is 6.65. The summed E-state index contributed by atoms with van der Waals surface area (Å²) in [7, 11) is 0. The van der Waals surface area contributed by atoms with Crippen molar-refractivity contribution in [2.75, 3.05) is 26.2 Å². The lowest BCUT2D eigenvalue weighted by Gasteiger charge is -2.31. The van der Waals surface area contributed by atoms with Gasteiger partial charge in [0.05, 0.1) is 0 Å². The lowest BCUT2D eigenvalue weighted by atomic mass is 9.81. The summed E-state index contributed by atoms with van der Waals surface area (Å²) in [5, 5.41) is 3.82. The first-order chi connectivity index (χ1) is 8.45. The Morgan fingerprint density at radius 1 is 1.22 bits per heavy atom. The van der Waals surface area contributed by atoms with E-state index in [-0.39, 0.29) is 0 Å². The molecule has 0 aliphatic carbocycles. The SMILES string of the molecule is CCCN1CCCC(NCC(C)(C)C(C)C)CC1. The van der Waals surface area contributed by atoms with E-state index in [1.807, 2.05) is 0 Å². The molecule has 0 spiro atoms. The molecule has 0 aromatic heterocycles. The smallest absolute Gasteiger partial charge is 0.00799 e. The van der Waals surface area contributed by atoms with Crippen molar-refractivity contribution in [2.24, 2.45) is 11.3 Å². The summed E-state index contributed by atoms with van der Waals surface area (Å²) < 4.78 is 0. The van der Waals surface area contributed by atoms with Crippen LogP contribution in [0.5, 0.6) is 0 Å². The van der Waals surface area contributed by atoms with Crippen molar-refractivity contribution < 1.29 is 0 Å². The minimum atomic E-state index is 0.412. The second-order valence-corrected chi connectivity index (χ2v) is 6.99. The summed E-state index contributed by atoms with van der Waals surface area (Å²) in [6.07, 6.45) is 5.33. The molecule has 1 N–H and O–H groups in total. The van der Waals surface area contributed by atoms with Gasteiger partial charge in [0.2, 0.25) is 0 Å². The number of nitrogens with one attached hydrogen (secondary N) is 1. The van der Waals surface area contributed by atoms with E-state index in [0.717, 1.165) is 18.5 Å². The zero-order chi connectivity index (χ0) is 13.6. The van der Waals surface area contributed by atoms with Crippen LogP contribution in [0.2, 0.25) is 0 Å². The van der Waals surface area contributed by atoms with E-state index < -0.39 is 0 Å². The van der Waals surface area contributed by atoms with Gasteiger partial charge in [0.1, 0.15) is 0 Å². The molecule has 0 saturated carbocycles. The highest BCUT2D eigenvalue weighted by Gasteiger charge is 2.24. The lowest BCUT2D eigenvalue weighted by molar-refractivity contribution is 0.223. The second kappa shape index (κ2) is 7.49. The zero-order valence-electron chi connectivity index (χ0n) is 13.3. The first-order valence-corrected chi connectivity index (χ1v) is 7.91. The van der Waals surface area contributed by atoms with E-state index in [1.54, 1.807) is 0 Å². The molecule has 108 valence electrons. The van der Waals surface area contributed by atoms with E-state index in [0.29, 0.717) is 5.41 Å². The van der Waals surface area contributed by atoms with Crippen molar-refractivity contribution in [3.63, 3.8) is 0 Å². The summed E-state index contributed by atoms with van der Waals surface area (Å²) in [4.78, 5) is 2.63. The van der Waals surface area contributed by atoms with Crippen LogP contribution in [0, 0.1) is 11.3 Å². The summed E-state index contributed by atoms with van der Waals surface area (Å²) >= 11 is 0. The quantitative estimate of drug-likeness (QED) is 0.780. The number of likely N-dealkylation sites (tertiary alicyclic amines) is 1. The van der Waals surface area contributed by atoms with Gasteiger partial charge >= 0.3 is 0 Å². The summed E-state index contributed by atoms with van der Waals surface area (Å²) in [5.74, 6) is 0.743. The number of nitrogens with zero attached hydrogens (tertiary/aromatic N) is 1. The molecule has 1 aliphatic rings. The molecule has 1 fully saturated rings. The van der Waals surface area contributed by atoms with Crippen molar-refractivity contribution in [1.29, 1.82) is 0 Å². The number of hydrogen-bond acceptors (Lipinski definition) is 2. The maximum absolute atomic E-state index is 3.82. The lowest BCUT2D eigenvalue weighted by Crippen LogP contribution is -2.40. The molecular weight excluding hydrogens is 220 g/mol. The molecule has 1 rings (SSSR count). The molecule has 2 heteroatoms. The van der Waals surface area contributed by atoms with Crippen LogP contribution in [0.1, 0.15) is 60.3 Å². The molecule has 0 aromatic rings. The molecule has 1 heterocycles. The topological polar surface area (TPSA) is 15.3 Å². The molecule has 0 amide bonds. The molecule has 0 radical (unpaired) electrons. The number of hydrogen-bond donors (Lipinski definition) is 1. The third-order valence-electron chi connectivity index (χ3n) is 4.77. The predicted molar refractivity (Wildman–Crippen MR) is 81.0 cm³/mol. The van der Waals surface area contributed by atoms with E-state index in [9.17, 15) is 0 Å². The van der Waals surface area contributed by atoms with E-state index in [4.69, 9.17) is 0 Å². The fourth-order valence-electron chi connectivity index (χ4n) is 2.51. The Morgan fingerprint density at radius 3 is 2.56 bits per heavy atom. The molecule has 1 saturated heterocycles. The summed E-state index contributed by atoms with van der Waals surface area (Å²) in [6, 6.07) is 0.741. The normalized spacial score (nSPS) is 23.3. The van der Waals surface area contributed by atoms with Crippen LogP contribution in [-0.4, -0.2) is 37.1 Å². The Labute approximate surface area is 115 Å². The third kappa shape index (κ3) is 5.27. The van der Waals surface area contributed by atoms with Crippen LogP contribution in [0.15, 0.2) is 0 Å². The fraction of sp³-hybridized carbons (Fsp3) is 1.00. The van der Waals surface area contributed by atoms with Gasteiger partial charge in [0.25, 0.3) is 0 Å². The van der Waals surface area contributed by atoms with Crippen LogP contribution in [0.4, 0.5) is 0 Å². The van der Waals surface area contributed by atoms with Crippen molar-refractivity contribution in [3.05, 3.63) is 0 Å². The molecule has 18 heavy (non-hydrogen) atoms. The average molecular weight is 254 g/mol. The van der Waals surface area contributed by atoms with E-state index in [2.05, 4.69) is 44.8 Å². The minimum absolute atomic E-state index is 0.412. The highest BCUT2D eigenvalue weighted by molar-refractivity contribution is 4.80. The molecule has 0 bridgehead atoms. The van der Waals surface area contributed by atoms with Crippen LogP contribution in [0.3, 0.4) is 0 Å². The van der Waals surface area contributed by atoms with Gasteiger partial charge in [-0.3, -0.25) is 0 Å². The minimum Gasteiger partial charge on any atom is -0.313 e. The van der Waals surface area contributed by atoms with Crippen LogP contribution < -0.4 is 5.32 Å². The Hall–Kier alpha value is -0.0800. The van der Waals surface area contributed by atoms with Crippen molar-refractivity contribution >= 4 is 0 Å². The third-order valence-corrected chi connectivity index (χ3v) is 4.77. The highest BCUT2D eigenvalue weighted by atomic mass is 15.1. The molecule has 2 nitrogen and oxygen atoms in total. The molecule has 1 unspecified atom stereocenters.